The summed E-state index contributed by atoms with van der Waals surface area (Å²) in [4.78, 5) is 66.9. The van der Waals surface area contributed by atoms with E-state index in [0.29, 0.717) is 23.0 Å². The smallest absolute Gasteiger partial charge is 0.480 e. The minimum Gasteiger partial charge on any atom is -0.480 e. The van der Waals surface area contributed by atoms with Crippen LogP contribution in [-0.2, 0) is 32.1 Å². The predicted molar refractivity (Wildman–Crippen MR) is 173 cm³/mol. The van der Waals surface area contributed by atoms with Gasteiger partial charge in [-0.3, -0.25) is 9.59 Å². The molecule has 1 atom stereocenters. The highest BCUT2D eigenvalue weighted by molar-refractivity contribution is 5.95. The van der Waals surface area contributed by atoms with Gasteiger partial charge in [0.15, 0.2) is 11.6 Å². The zero-order valence-corrected chi connectivity index (χ0v) is 26.4. The summed E-state index contributed by atoms with van der Waals surface area (Å²) in [6.45, 7) is 3.18. The molecule has 0 saturated carbocycles. The third kappa shape index (κ3) is 9.78. The lowest BCUT2D eigenvalue weighted by molar-refractivity contribution is -0.192. The highest BCUT2D eigenvalue weighted by Crippen LogP contribution is 2.25. The molecule has 5 rings (SSSR count). The first-order valence-corrected chi connectivity index (χ1v) is 14.8. The van der Waals surface area contributed by atoms with E-state index in [2.05, 4.69) is 35.7 Å². The van der Waals surface area contributed by atoms with Gasteiger partial charge in [-0.2, -0.15) is 13.2 Å². The van der Waals surface area contributed by atoms with E-state index in [1.165, 1.54) is 23.3 Å². The quantitative estimate of drug-likeness (QED) is 0.0812. The molecule has 5 aromatic rings. The van der Waals surface area contributed by atoms with E-state index in [1.807, 2.05) is 42.5 Å². The molecule has 0 fully saturated rings. The van der Waals surface area contributed by atoms with E-state index in [-0.39, 0.29) is 30.6 Å². The van der Waals surface area contributed by atoms with E-state index in [9.17, 15) is 32.7 Å². The standard InChI is InChI=1S/C30H30N8O5.C2HF3O2/c1-18(2)29(40)37-28-26(27-32-14-20(35-27)15-34-43-21-8-4-3-5-9-21)33-17-38(28)16-25(39)36-24(30(41)42)12-19-13-31-23-11-7-6-10-22(19)23;3-2(4,5)1(6)7/h3-11,13-15,17-18,24,31H,12,16H2,1-2H3,(H,32,35)(H,36,39)(H,37,40)(H,41,42);(H,6,7)/b34-15+;/t24-;/m0./s1. The molecule has 0 spiro atoms. The molecule has 3 heterocycles. The van der Waals surface area contributed by atoms with E-state index in [1.54, 1.807) is 32.2 Å². The molecule has 0 radical (unpaired) electrons. The van der Waals surface area contributed by atoms with Crippen molar-refractivity contribution in [2.24, 2.45) is 11.1 Å². The number of hydrogen-bond donors (Lipinski definition) is 6. The highest BCUT2D eigenvalue weighted by atomic mass is 19.4. The third-order valence-corrected chi connectivity index (χ3v) is 6.81. The average molecular weight is 697 g/mol. The molecule has 0 aliphatic heterocycles. The number of H-pyrrole nitrogens is 2. The molecule has 0 unspecified atom stereocenters. The van der Waals surface area contributed by atoms with Crippen LogP contribution in [0.1, 0.15) is 25.1 Å². The van der Waals surface area contributed by atoms with Crippen molar-refractivity contribution in [1.29, 1.82) is 0 Å². The molecule has 0 bridgehead atoms. The summed E-state index contributed by atoms with van der Waals surface area (Å²) in [7, 11) is 0. The Morgan fingerprint density at radius 3 is 2.38 bits per heavy atom. The molecule has 6 N–H and O–H groups in total. The van der Waals surface area contributed by atoms with Gasteiger partial charge in [-0.05, 0) is 23.8 Å². The second-order valence-corrected chi connectivity index (χ2v) is 10.9. The largest absolute Gasteiger partial charge is 0.490 e. The van der Waals surface area contributed by atoms with Gasteiger partial charge in [0.2, 0.25) is 11.8 Å². The zero-order chi connectivity index (χ0) is 36.4. The van der Waals surface area contributed by atoms with Crippen LogP contribution in [0.25, 0.3) is 22.4 Å². The van der Waals surface area contributed by atoms with Crippen molar-refractivity contribution in [1.82, 2.24) is 29.8 Å². The van der Waals surface area contributed by atoms with Crippen LogP contribution < -0.4 is 15.5 Å². The molecule has 50 heavy (non-hydrogen) atoms. The number of carbonyl (C=O) groups is 4. The van der Waals surface area contributed by atoms with Crippen LogP contribution in [0, 0.1) is 5.92 Å². The Morgan fingerprint density at radius 2 is 1.72 bits per heavy atom. The molecule has 2 amide bonds. The second-order valence-electron chi connectivity index (χ2n) is 10.9. The van der Waals surface area contributed by atoms with Crippen LogP contribution in [0.15, 0.2) is 78.5 Å². The molecule has 15 nitrogen and oxygen atoms in total. The molecule has 0 aliphatic carbocycles. The topological polar surface area (TPSA) is 217 Å². The number of aromatic amines is 2. The summed E-state index contributed by atoms with van der Waals surface area (Å²) in [5, 5.41) is 27.2. The fraction of sp³-hybridized carbons (Fsp3) is 0.219. The predicted octanol–water partition coefficient (Wildman–Crippen LogP) is 4.21. The molecule has 262 valence electrons. The van der Waals surface area contributed by atoms with Crippen LogP contribution in [0.2, 0.25) is 0 Å². The lowest BCUT2D eigenvalue weighted by Gasteiger charge is -2.16. The number of amides is 2. The van der Waals surface area contributed by atoms with Gasteiger partial charge in [0.1, 0.15) is 24.1 Å². The van der Waals surface area contributed by atoms with Crippen molar-refractivity contribution in [2.75, 3.05) is 5.32 Å². The number of benzene rings is 2. The first-order valence-electron chi connectivity index (χ1n) is 14.8. The van der Waals surface area contributed by atoms with Gasteiger partial charge in [0, 0.05) is 29.4 Å². The summed E-state index contributed by atoms with van der Waals surface area (Å²) in [6, 6.07) is 15.4. The lowest BCUT2D eigenvalue weighted by Crippen LogP contribution is -2.43. The van der Waals surface area contributed by atoms with Gasteiger partial charge in [-0.1, -0.05) is 55.4 Å². The van der Waals surface area contributed by atoms with Crippen molar-refractivity contribution >= 4 is 46.7 Å². The van der Waals surface area contributed by atoms with Gasteiger partial charge in [-0.25, -0.2) is 19.6 Å². The maximum absolute atomic E-state index is 13.1. The minimum absolute atomic E-state index is 0.0852. The lowest BCUT2D eigenvalue weighted by atomic mass is 10.0. The molecule has 0 saturated heterocycles. The average Bonchev–Trinajstić information content (AvgIpc) is 3.80. The summed E-state index contributed by atoms with van der Waals surface area (Å²) < 4.78 is 33.2. The first-order chi connectivity index (χ1) is 23.7. The van der Waals surface area contributed by atoms with Crippen molar-refractivity contribution in [2.45, 2.75) is 39.0 Å². The number of anilines is 1. The van der Waals surface area contributed by atoms with E-state index in [0.717, 1.165) is 16.5 Å². The van der Waals surface area contributed by atoms with Crippen LogP contribution in [-0.4, -0.2) is 76.9 Å². The molecular weight excluding hydrogens is 665 g/mol. The van der Waals surface area contributed by atoms with Crippen LogP contribution in [0.5, 0.6) is 5.75 Å². The summed E-state index contributed by atoms with van der Waals surface area (Å²) in [6.07, 6.45) is 1.09. The van der Waals surface area contributed by atoms with Crippen molar-refractivity contribution < 1.29 is 47.4 Å². The van der Waals surface area contributed by atoms with Gasteiger partial charge in [0.25, 0.3) is 0 Å². The first kappa shape index (κ1) is 36.4. The zero-order valence-electron chi connectivity index (χ0n) is 26.4. The number of imidazole rings is 2. The number of halogens is 3. The molecule has 0 aliphatic rings. The van der Waals surface area contributed by atoms with Crippen LogP contribution >= 0.6 is 0 Å². The number of hydrogen-bond acceptors (Lipinski definition) is 8. The van der Waals surface area contributed by atoms with Crippen LogP contribution in [0.4, 0.5) is 19.0 Å². The van der Waals surface area contributed by atoms with Gasteiger partial charge in [0.05, 0.1) is 24.4 Å². The van der Waals surface area contributed by atoms with E-state index in [4.69, 9.17) is 14.7 Å². The number of para-hydroxylation sites is 2. The number of carboxylic acid groups (broad SMARTS) is 2. The third-order valence-electron chi connectivity index (χ3n) is 6.81. The monoisotopic (exact) mass is 696 g/mol. The van der Waals surface area contributed by atoms with Crippen molar-refractivity contribution in [3.8, 4) is 17.3 Å². The number of oxime groups is 1. The minimum atomic E-state index is -5.08. The van der Waals surface area contributed by atoms with E-state index >= 15 is 0 Å². The SMILES string of the molecule is CC(C)C(=O)Nc1c(-c2ncc(/C=N/Oc3ccccc3)[nH]2)ncn1CC(=O)N[C@@H](Cc1c[nH]c2ccccc12)C(=O)O.O=C(O)C(F)(F)F. The number of aliphatic carboxylic acids is 2. The Labute approximate surface area is 281 Å². The number of nitrogens with zero attached hydrogens (tertiary/aromatic N) is 4. The Balaban J connectivity index is 0.000000727. The molecule has 18 heteroatoms. The number of nitrogens with one attached hydrogen (secondary N) is 4. The van der Waals surface area contributed by atoms with E-state index < -0.39 is 30.1 Å². The number of fused-ring (bicyclic) bond motifs is 1. The Kier molecular flexibility index (Phi) is 11.7. The molecular formula is C32H31F3N8O7. The fourth-order valence-corrected chi connectivity index (χ4v) is 4.33. The highest BCUT2D eigenvalue weighted by Gasteiger charge is 2.38. The Hall–Kier alpha value is -6.46. The summed E-state index contributed by atoms with van der Waals surface area (Å²) in [5.74, 6) is -4.02. The van der Waals surface area contributed by atoms with Crippen molar-refractivity contribution in [3.63, 3.8) is 0 Å². The molecule has 2 aromatic carbocycles. The number of rotatable bonds is 12. The molecule has 3 aromatic heterocycles. The Bertz CT molecular complexity index is 1980. The van der Waals surface area contributed by atoms with Crippen molar-refractivity contribution in [3.05, 3.63) is 84.6 Å². The summed E-state index contributed by atoms with van der Waals surface area (Å²) in [5.41, 5.74) is 2.45. The number of alkyl halides is 3. The summed E-state index contributed by atoms with van der Waals surface area (Å²) >= 11 is 0. The fourth-order valence-electron chi connectivity index (χ4n) is 4.33. The normalized spacial score (nSPS) is 12.0. The maximum atomic E-state index is 13.1. The number of aromatic nitrogens is 5. The maximum Gasteiger partial charge on any atom is 0.490 e. The van der Waals surface area contributed by atoms with Gasteiger partial charge in [-0.15, -0.1) is 0 Å². The van der Waals surface area contributed by atoms with Gasteiger partial charge < -0.3 is 40.2 Å². The number of carboxylic acids is 2. The second kappa shape index (κ2) is 16.1. The Morgan fingerprint density at radius 1 is 1.04 bits per heavy atom. The van der Waals surface area contributed by atoms with Gasteiger partial charge >= 0.3 is 18.1 Å². The number of carbonyl (C=O) groups excluding carboxylic acids is 2. The van der Waals surface area contributed by atoms with Crippen LogP contribution in [0.3, 0.4) is 0 Å².